The Morgan fingerprint density at radius 1 is 1.00 bits per heavy atom. The third-order valence-electron chi connectivity index (χ3n) is 7.40. The van der Waals surface area contributed by atoms with Crippen LogP contribution in [0.2, 0.25) is 0 Å². The number of benzene rings is 1. The third-order valence-corrected chi connectivity index (χ3v) is 7.40. The number of hydrogen-bond donors (Lipinski definition) is 2. The monoisotopic (exact) mass is 594 g/mol. The molecular weight excluding hydrogens is 566 g/mol. The molecule has 6 rings (SSSR count). The summed E-state index contributed by atoms with van der Waals surface area (Å²) in [6.07, 6.45) is 8.85. The Kier molecular flexibility index (Phi) is 7.84. The van der Waals surface area contributed by atoms with Crippen LogP contribution >= 0.6 is 0 Å². The van der Waals surface area contributed by atoms with Gasteiger partial charge < -0.3 is 20.4 Å². The third kappa shape index (κ3) is 6.46. The van der Waals surface area contributed by atoms with Crippen molar-refractivity contribution in [3.05, 3.63) is 102 Å². The van der Waals surface area contributed by atoms with Crippen LogP contribution in [-0.2, 0) is 11.3 Å². The van der Waals surface area contributed by atoms with Crippen LogP contribution in [0.15, 0.2) is 89.9 Å². The zero-order valence-electron chi connectivity index (χ0n) is 23.5. The molecule has 1 aliphatic rings. The van der Waals surface area contributed by atoms with Gasteiger partial charge in [0.2, 0.25) is 5.91 Å². The van der Waals surface area contributed by atoms with Crippen LogP contribution in [0.4, 0.5) is 14.6 Å². The highest BCUT2D eigenvalue weighted by Crippen LogP contribution is 2.35. The SMILES string of the molecule is Nc1ccc(/C=C/C(=O)NCc2cc3cc(-c4ccc(C(=O)N5CCC(F)(F)CC5)cn4)cc(-c4cccnc4)c3o2)cn1. The van der Waals surface area contributed by atoms with Gasteiger partial charge in [0.05, 0.1) is 17.8 Å². The Morgan fingerprint density at radius 2 is 1.84 bits per heavy atom. The van der Waals surface area contributed by atoms with Gasteiger partial charge >= 0.3 is 0 Å². The van der Waals surface area contributed by atoms with Crippen molar-refractivity contribution < 1.29 is 22.8 Å². The highest BCUT2D eigenvalue weighted by Gasteiger charge is 2.35. The highest BCUT2D eigenvalue weighted by molar-refractivity contribution is 5.97. The molecule has 9 nitrogen and oxygen atoms in total. The van der Waals surface area contributed by atoms with Crippen LogP contribution in [0.25, 0.3) is 39.4 Å². The average molecular weight is 595 g/mol. The molecule has 1 saturated heterocycles. The van der Waals surface area contributed by atoms with E-state index in [1.165, 1.54) is 17.2 Å². The predicted molar refractivity (Wildman–Crippen MR) is 162 cm³/mol. The van der Waals surface area contributed by atoms with E-state index in [2.05, 4.69) is 20.3 Å². The van der Waals surface area contributed by atoms with E-state index in [4.69, 9.17) is 10.2 Å². The molecule has 0 atom stereocenters. The number of nitrogens with one attached hydrogen (secondary N) is 1. The smallest absolute Gasteiger partial charge is 0.255 e. The molecule has 0 radical (unpaired) electrons. The molecule has 11 heteroatoms. The van der Waals surface area contributed by atoms with E-state index in [0.29, 0.717) is 28.4 Å². The fraction of sp³-hybridized carbons (Fsp3) is 0.182. The molecule has 0 saturated carbocycles. The lowest BCUT2D eigenvalue weighted by molar-refractivity contribution is -0.116. The van der Waals surface area contributed by atoms with Crippen molar-refractivity contribution in [2.24, 2.45) is 0 Å². The summed E-state index contributed by atoms with van der Waals surface area (Å²) in [6, 6.07) is 16.3. The van der Waals surface area contributed by atoms with E-state index >= 15 is 0 Å². The number of aromatic nitrogens is 3. The van der Waals surface area contributed by atoms with Gasteiger partial charge in [-0.05, 0) is 60.2 Å². The number of fused-ring (bicyclic) bond motifs is 1. The Balaban J connectivity index is 1.23. The molecular formula is C33H28F2N6O3. The summed E-state index contributed by atoms with van der Waals surface area (Å²) in [6.45, 7) is 0.188. The molecule has 222 valence electrons. The van der Waals surface area contributed by atoms with E-state index in [1.54, 1.807) is 48.9 Å². The summed E-state index contributed by atoms with van der Waals surface area (Å²) in [7, 11) is 0. The fourth-order valence-electron chi connectivity index (χ4n) is 5.01. The second-order valence-corrected chi connectivity index (χ2v) is 10.5. The number of hydrogen-bond acceptors (Lipinski definition) is 7. The van der Waals surface area contributed by atoms with Crippen molar-refractivity contribution in [1.29, 1.82) is 0 Å². The number of piperidine rings is 1. The summed E-state index contributed by atoms with van der Waals surface area (Å²) in [5.41, 5.74) is 10.3. The minimum atomic E-state index is -2.73. The molecule has 1 aromatic carbocycles. The summed E-state index contributed by atoms with van der Waals surface area (Å²) in [5, 5.41) is 3.63. The lowest BCUT2D eigenvalue weighted by Gasteiger charge is -2.31. The first kappa shape index (κ1) is 28.7. The number of furan rings is 1. The van der Waals surface area contributed by atoms with Gasteiger partial charge in [0, 0.05) is 78.9 Å². The molecule has 2 amide bonds. The second-order valence-electron chi connectivity index (χ2n) is 10.5. The summed E-state index contributed by atoms with van der Waals surface area (Å²) >= 11 is 0. The number of carbonyl (C=O) groups excluding carboxylic acids is 2. The highest BCUT2D eigenvalue weighted by atomic mass is 19.3. The molecule has 0 bridgehead atoms. The molecule has 4 aromatic heterocycles. The molecule has 0 spiro atoms. The van der Waals surface area contributed by atoms with Crippen LogP contribution < -0.4 is 11.1 Å². The van der Waals surface area contributed by atoms with E-state index in [-0.39, 0.29) is 44.3 Å². The summed E-state index contributed by atoms with van der Waals surface area (Å²) in [5.74, 6) is -2.38. The average Bonchev–Trinajstić information content (AvgIpc) is 3.46. The minimum Gasteiger partial charge on any atom is -0.459 e. The van der Waals surface area contributed by atoms with Crippen LogP contribution in [0, 0.1) is 0 Å². The number of pyridine rings is 3. The van der Waals surface area contributed by atoms with Crippen molar-refractivity contribution >= 4 is 34.7 Å². The molecule has 1 aliphatic heterocycles. The maximum absolute atomic E-state index is 13.5. The van der Waals surface area contributed by atoms with Gasteiger partial charge in [-0.15, -0.1) is 0 Å². The van der Waals surface area contributed by atoms with E-state index in [9.17, 15) is 18.4 Å². The van der Waals surface area contributed by atoms with Crippen molar-refractivity contribution in [3.8, 4) is 22.4 Å². The second kappa shape index (κ2) is 12.0. The lowest BCUT2D eigenvalue weighted by Crippen LogP contribution is -2.42. The Labute approximate surface area is 251 Å². The Morgan fingerprint density at radius 3 is 2.55 bits per heavy atom. The molecule has 5 aromatic rings. The van der Waals surface area contributed by atoms with Crippen LogP contribution in [-0.4, -0.2) is 50.7 Å². The quantitative estimate of drug-likeness (QED) is 0.230. The number of nitrogens with two attached hydrogens (primary N) is 1. The van der Waals surface area contributed by atoms with Gasteiger partial charge in [0.1, 0.15) is 17.2 Å². The first-order chi connectivity index (χ1) is 21.2. The van der Waals surface area contributed by atoms with Gasteiger partial charge in [-0.25, -0.2) is 13.8 Å². The summed E-state index contributed by atoms with van der Waals surface area (Å²) in [4.78, 5) is 39.6. The summed E-state index contributed by atoms with van der Waals surface area (Å²) < 4.78 is 33.3. The number of nitrogen functional groups attached to an aromatic ring is 1. The molecule has 0 aliphatic carbocycles. The van der Waals surface area contributed by atoms with Gasteiger partial charge in [0.25, 0.3) is 11.8 Å². The molecule has 1 fully saturated rings. The van der Waals surface area contributed by atoms with E-state index in [1.807, 2.05) is 30.3 Å². The Bertz CT molecular complexity index is 1830. The lowest BCUT2D eigenvalue weighted by atomic mass is 9.99. The number of carbonyl (C=O) groups is 2. The normalized spacial score (nSPS) is 14.6. The minimum absolute atomic E-state index is 0.0123. The van der Waals surface area contributed by atoms with E-state index in [0.717, 1.165) is 27.6 Å². The number of halogens is 2. The maximum Gasteiger partial charge on any atom is 0.255 e. The van der Waals surface area contributed by atoms with Crippen molar-refractivity contribution in [3.63, 3.8) is 0 Å². The van der Waals surface area contributed by atoms with Gasteiger partial charge in [0.15, 0.2) is 0 Å². The topological polar surface area (TPSA) is 127 Å². The molecule has 44 heavy (non-hydrogen) atoms. The van der Waals surface area contributed by atoms with E-state index < -0.39 is 5.92 Å². The zero-order chi connectivity index (χ0) is 30.7. The first-order valence-electron chi connectivity index (χ1n) is 14.0. The molecule has 5 heterocycles. The zero-order valence-corrected chi connectivity index (χ0v) is 23.5. The number of nitrogens with zero attached hydrogens (tertiary/aromatic N) is 4. The van der Waals surface area contributed by atoms with Gasteiger partial charge in [-0.2, -0.15) is 0 Å². The van der Waals surface area contributed by atoms with Gasteiger partial charge in [-0.3, -0.25) is 19.6 Å². The van der Waals surface area contributed by atoms with Crippen LogP contribution in [0.3, 0.4) is 0 Å². The van der Waals surface area contributed by atoms with Gasteiger partial charge in [-0.1, -0.05) is 6.07 Å². The predicted octanol–water partition coefficient (Wildman–Crippen LogP) is 5.73. The number of alkyl halides is 2. The number of anilines is 1. The fourth-order valence-corrected chi connectivity index (χ4v) is 5.01. The Hall–Kier alpha value is -5.45. The van der Waals surface area contributed by atoms with Crippen LogP contribution in [0.1, 0.15) is 34.5 Å². The largest absolute Gasteiger partial charge is 0.459 e. The first-order valence-corrected chi connectivity index (χ1v) is 14.0. The van der Waals surface area contributed by atoms with Crippen molar-refractivity contribution in [2.45, 2.75) is 25.3 Å². The molecule has 3 N–H and O–H groups in total. The molecule has 0 unspecified atom stereocenters. The van der Waals surface area contributed by atoms with Crippen LogP contribution in [0.5, 0.6) is 0 Å². The standard InChI is InChI=1S/C33H28F2N6O3/c34-33(35)9-12-41(13-10-33)32(43)23-5-6-28(38-19-23)24-14-25-15-26(44-31(25)27(16-24)22-2-1-11-37-18-22)20-40-30(42)8-4-21-3-7-29(36)39-17-21/h1-8,11,14-19H,9-10,12-13,20H2,(H2,36,39)(H,40,42)/b8-4+. The number of likely N-dealkylation sites (tertiary alicyclic amines) is 1. The van der Waals surface area contributed by atoms with Crippen molar-refractivity contribution in [1.82, 2.24) is 25.2 Å². The number of amides is 2. The number of rotatable bonds is 7. The maximum atomic E-state index is 13.5. The van der Waals surface area contributed by atoms with Crippen molar-refractivity contribution in [2.75, 3.05) is 18.8 Å².